The third kappa shape index (κ3) is 8.87. The van der Waals surface area contributed by atoms with Crippen molar-refractivity contribution in [1.82, 2.24) is 10.2 Å². The van der Waals surface area contributed by atoms with Crippen LogP contribution >= 0.6 is 23.2 Å². The second-order valence-corrected chi connectivity index (χ2v) is 13.1. The lowest BCUT2D eigenvalue weighted by atomic mass is 10.1. The Morgan fingerprint density at radius 2 is 1.55 bits per heavy atom. The Bertz CT molecular complexity index is 1440. The van der Waals surface area contributed by atoms with Gasteiger partial charge in [-0.1, -0.05) is 47.5 Å². The Balaban J connectivity index is 1.90. The summed E-state index contributed by atoms with van der Waals surface area (Å²) in [5, 5.41) is 3.62. The average Bonchev–Trinajstić information content (AvgIpc) is 2.86. The van der Waals surface area contributed by atoms with Gasteiger partial charge >= 0.3 is 0 Å². The fourth-order valence-electron chi connectivity index (χ4n) is 3.81. The summed E-state index contributed by atoms with van der Waals surface area (Å²) < 4.78 is 32.4. The van der Waals surface area contributed by atoms with Crippen LogP contribution in [0.2, 0.25) is 10.0 Å². The number of benzene rings is 3. The minimum absolute atomic E-state index is 0.0327. The van der Waals surface area contributed by atoms with Gasteiger partial charge in [0.05, 0.1) is 11.9 Å². The van der Waals surface area contributed by atoms with Crippen molar-refractivity contribution in [2.24, 2.45) is 0 Å². The van der Waals surface area contributed by atoms with Crippen molar-refractivity contribution in [1.29, 1.82) is 0 Å². The van der Waals surface area contributed by atoms with Gasteiger partial charge in [0, 0.05) is 22.1 Å². The molecule has 11 heteroatoms. The van der Waals surface area contributed by atoms with E-state index in [2.05, 4.69) is 5.32 Å². The molecule has 3 aromatic rings. The molecule has 3 aromatic carbocycles. The quantitative estimate of drug-likeness (QED) is 0.311. The van der Waals surface area contributed by atoms with Gasteiger partial charge < -0.3 is 15.0 Å². The first-order valence-corrected chi connectivity index (χ1v) is 15.1. The van der Waals surface area contributed by atoms with E-state index in [9.17, 15) is 18.0 Å². The van der Waals surface area contributed by atoms with E-state index in [4.69, 9.17) is 27.9 Å². The van der Waals surface area contributed by atoms with E-state index in [1.54, 1.807) is 61.5 Å². The molecule has 40 heavy (non-hydrogen) atoms. The normalized spacial score (nSPS) is 12.4. The van der Waals surface area contributed by atoms with E-state index in [0.29, 0.717) is 27.1 Å². The minimum atomic E-state index is -3.88. The molecule has 0 aromatic heterocycles. The summed E-state index contributed by atoms with van der Waals surface area (Å²) in [6, 6.07) is 19.4. The molecule has 0 saturated heterocycles. The van der Waals surface area contributed by atoms with Crippen LogP contribution in [0.25, 0.3) is 0 Å². The smallest absolute Gasteiger partial charge is 0.244 e. The van der Waals surface area contributed by atoms with Crippen molar-refractivity contribution >= 4 is 50.7 Å². The number of rotatable bonds is 10. The summed E-state index contributed by atoms with van der Waals surface area (Å²) in [7, 11) is -3.88. The molecule has 0 aliphatic rings. The zero-order valence-corrected chi connectivity index (χ0v) is 25.3. The first-order valence-electron chi connectivity index (χ1n) is 12.5. The zero-order chi connectivity index (χ0) is 29.7. The van der Waals surface area contributed by atoms with Gasteiger partial charge in [0.1, 0.15) is 24.1 Å². The lowest BCUT2D eigenvalue weighted by Crippen LogP contribution is -2.54. The fourth-order valence-corrected chi connectivity index (χ4v) is 5.13. The molecule has 0 radical (unpaired) electrons. The van der Waals surface area contributed by atoms with Crippen molar-refractivity contribution in [3.63, 3.8) is 0 Å². The van der Waals surface area contributed by atoms with Gasteiger partial charge in [-0.2, -0.15) is 0 Å². The van der Waals surface area contributed by atoms with Crippen molar-refractivity contribution in [2.45, 2.75) is 45.8 Å². The van der Waals surface area contributed by atoms with Crippen molar-refractivity contribution in [2.75, 3.05) is 17.1 Å². The van der Waals surface area contributed by atoms with Crippen molar-refractivity contribution < 1.29 is 22.7 Å². The highest BCUT2D eigenvalue weighted by molar-refractivity contribution is 7.92. The van der Waals surface area contributed by atoms with E-state index in [1.807, 2.05) is 39.0 Å². The van der Waals surface area contributed by atoms with Crippen LogP contribution in [0.4, 0.5) is 5.69 Å². The molecule has 214 valence electrons. The Morgan fingerprint density at radius 1 is 0.950 bits per heavy atom. The molecule has 0 heterocycles. The van der Waals surface area contributed by atoms with Gasteiger partial charge in [-0.05, 0) is 81.8 Å². The number of hydrogen-bond acceptors (Lipinski definition) is 5. The maximum atomic E-state index is 13.7. The highest BCUT2D eigenvalue weighted by Crippen LogP contribution is 2.27. The molecule has 0 spiro atoms. The number of hydrogen-bond donors (Lipinski definition) is 1. The number of nitrogens with zero attached hydrogens (tertiary/aromatic N) is 2. The number of nitrogens with one attached hydrogen (secondary N) is 1. The number of ether oxygens (including phenoxy) is 1. The monoisotopic (exact) mass is 605 g/mol. The van der Waals surface area contributed by atoms with Crippen LogP contribution in [-0.2, 0) is 26.2 Å². The van der Waals surface area contributed by atoms with E-state index < -0.39 is 34.1 Å². The molecule has 3 rings (SSSR count). The van der Waals surface area contributed by atoms with E-state index in [1.165, 1.54) is 4.90 Å². The number of carbonyl (C=O) groups is 2. The van der Waals surface area contributed by atoms with Crippen LogP contribution in [0.3, 0.4) is 0 Å². The van der Waals surface area contributed by atoms with Crippen LogP contribution in [0.15, 0.2) is 72.8 Å². The topological polar surface area (TPSA) is 96.0 Å². The van der Waals surface area contributed by atoms with E-state index in [-0.39, 0.29) is 18.1 Å². The highest BCUT2D eigenvalue weighted by atomic mass is 35.5. The number of anilines is 1. The molecular formula is C29H33Cl2N3O5S. The maximum Gasteiger partial charge on any atom is 0.244 e. The Hall–Kier alpha value is -3.27. The number of sulfonamides is 1. The van der Waals surface area contributed by atoms with Crippen molar-refractivity contribution in [3.05, 3.63) is 88.4 Å². The summed E-state index contributed by atoms with van der Waals surface area (Å²) in [5.41, 5.74) is 0.288. The summed E-state index contributed by atoms with van der Waals surface area (Å²) in [5.74, 6) is 0.155. The summed E-state index contributed by atoms with van der Waals surface area (Å²) in [6.07, 6.45) is 1.02. The predicted octanol–water partition coefficient (Wildman–Crippen LogP) is 5.88. The summed E-state index contributed by atoms with van der Waals surface area (Å²) in [6.45, 7) is 6.51. The molecule has 0 bridgehead atoms. The molecule has 0 aliphatic heterocycles. The molecule has 2 amide bonds. The van der Waals surface area contributed by atoms with Gasteiger partial charge in [0.25, 0.3) is 0 Å². The van der Waals surface area contributed by atoms with Gasteiger partial charge in [0.15, 0.2) is 0 Å². The average molecular weight is 607 g/mol. The molecule has 1 atom stereocenters. The number of halogens is 2. The second-order valence-electron chi connectivity index (χ2n) is 10.4. The van der Waals surface area contributed by atoms with Gasteiger partial charge in [-0.3, -0.25) is 13.9 Å². The first kappa shape index (κ1) is 31.3. The summed E-state index contributed by atoms with van der Waals surface area (Å²) >= 11 is 12.4. The Morgan fingerprint density at radius 3 is 2.10 bits per heavy atom. The fraction of sp³-hybridized carbons (Fsp3) is 0.310. The molecule has 0 aliphatic carbocycles. The Kier molecular flexibility index (Phi) is 10.1. The molecular weight excluding hydrogens is 573 g/mol. The minimum Gasteiger partial charge on any atom is -0.457 e. The van der Waals surface area contributed by atoms with Crippen LogP contribution in [0.1, 0.15) is 33.3 Å². The lowest BCUT2D eigenvalue weighted by molar-refractivity contribution is -0.140. The summed E-state index contributed by atoms with van der Waals surface area (Å²) in [4.78, 5) is 28.1. The largest absolute Gasteiger partial charge is 0.457 e. The predicted molar refractivity (Wildman–Crippen MR) is 160 cm³/mol. The molecule has 0 unspecified atom stereocenters. The van der Waals surface area contributed by atoms with Crippen LogP contribution in [0, 0.1) is 0 Å². The molecule has 0 fully saturated rings. The number of para-hydroxylation sites is 1. The maximum absolute atomic E-state index is 13.7. The van der Waals surface area contributed by atoms with E-state index in [0.717, 1.165) is 10.6 Å². The standard InChI is InChI=1S/C29H33Cl2N3O5S/c1-20(28(36)32-29(2,3)4)33(18-21-11-12-22(30)17-26(21)31)27(35)19-34(40(5,37)38)23-13-15-25(16-14-23)39-24-9-7-6-8-10-24/h6-17,20H,18-19H2,1-5H3,(H,32,36)/t20-/m1/s1. The van der Waals surface area contributed by atoms with Crippen LogP contribution in [0.5, 0.6) is 11.5 Å². The second kappa shape index (κ2) is 12.9. The number of carbonyl (C=O) groups excluding carboxylic acids is 2. The third-order valence-corrected chi connectivity index (χ3v) is 7.53. The van der Waals surface area contributed by atoms with Crippen LogP contribution < -0.4 is 14.4 Å². The molecule has 1 N–H and O–H groups in total. The SMILES string of the molecule is C[C@H](C(=O)NC(C)(C)C)N(Cc1ccc(Cl)cc1Cl)C(=O)CN(c1ccc(Oc2ccccc2)cc1)S(C)(=O)=O. The molecule has 0 saturated carbocycles. The highest BCUT2D eigenvalue weighted by Gasteiger charge is 2.31. The molecule has 8 nitrogen and oxygen atoms in total. The lowest BCUT2D eigenvalue weighted by Gasteiger charge is -2.33. The first-order chi connectivity index (χ1) is 18.6. The van der Waals surface area contributed by atoms with E-state index >= 15 is 0 Å². The van der Waals surface area contributed by atoms with Gasteiger partial charge in [-0.25, -0.2) is 8.42 Å². The van der Waals surface area contributed by atoms with Gasteiger partial charge in [-0.15, -0.1) is 0 Å². The van der Waals surface area contributed by atoms with Gasteiger partial charge in [0.2, 0.25) is 21.8 Å². The van der Waals surface area contributed by atoms with Crippen molar-refractivity contribution in [3.8, 4) is 11.5 Å². The zero-order valence-electron chi connectivity index (χ0n) is 23.0. The third-order valence-electron chi connectivity index (χ3n) is 5.80. The van der Waals surface area contributed by atoms with Crippen LogP contribution in [-0.4, -0.2) is 49.5 Å². The Labute approximate surface area is 245 Å². The number of amides is 2.